The molecule has 0 heterocycles. The molecule has 50 heavy (non-hydrogen) atoms. The van der Waals surface area contributed by atoms with E-state index in [2.05, 4.69) is 14.4 Å². The quantitative estimate of drug-likeness (QED) is 0.0809. The van der Waals surface area contributed by atoms with E-state index in [0.29, 0.717) is 18.2 Å². The molecule has 0 saturated heterocycles. The van der Waals surface area contributed by atoms with Crippen molar-refractivity contribution in [2.24, 2.45) is 10.2 Å². The number of hydrogen-bond acceptors (Lipinski definition) is 21. The number of azo groups is 1. The van der Waals surface area contributed by atoms with Gasteiger partial charge in [0.2, 0.25) is 10.4 Å². The molecule has 3 aromatic rings. The summed E-state index contributed by atoms with van der Waals surface area (Å²) in [5.41, 5.74) is -2.57. The fourth-order valence-corrected chi connectivity index (χ4v) is 7.69. The van der Waals surface area contributed by atoms with Crippen molar-refractivity contribution in [1.82, 2.24) is 0 Å². The fourth-order valence-electron chi connectivity index (χ4n) is 3.49. The second-order valence-corrected chi connectivity index (χ2v) is 16.9. The number of nitrogens with zero attached hydrogens (tertiary/aromatic N) is 2. The molecule has 0 amide bonds. The first-order chi connectivity index (χ1) is 20.1. The Kier molecular flexibility index (Phi) is 22.8. The summed E-state index contributed by atoms with van der Waals surface area (Å²) < 4.78 is 201. The first-order valence-corrected chi connectivity index (χ1v) is 19.3. The Morgan fingerprint density at radius 2 is 1.06 bits per heavy atom. The van der Waals surface area contributed by atoms with Crippen molar-refractivity contribution in [1.29, 1.82) is 0 Å². The summed E-state index contributed by atoms with van der Waals surface area (Å²) in [6.45, 7) is -1.22. The molecule has 3 aromatic carbocycles. The zero-order valence-corrected chi connectivity index (χ0v) is 40.9. The van der Waals surface area contributed by atoms with Crippen LogP contribution in [0.25, 0.3) is 10.8 Å². The molecule has 21 nitrogen and oxygen atoms in total. The molecule has 0 saturated carbocycles. The van der Waals surface area contributed by atoms with Gasteiger partial charge in [0.05, 0.1) is 36.8 Å². The van der Waals surface area contributed by atoms with Crippen LogP contribution >= 0.6 is 0 Å². The van der Waals surface area contributed by atoms with E-state index in [1.807, 2.05) is 0 Å². The summed E-state index contributed by atoms with van der Waals surface area (Å²) in [5, 5.41) is 15.0. The zero-order valence-electron chi connectivity index (χ0n) is 26.0. The number of phenols is 1. The number of aromatic hydroxyl groups is 1. The van der Waals surface area contributed by atoms with Crippen molar-refractivity contribution in [2.75, 3.05) is 12.4 Å². The van der Waals surface area contributed by atoms with Crippen LogP contribution in [0.3, 0.4) is 0 Å². The van der Waals surface area contributed by atoms with Crippen LogP contribution in [0.2, 0.25) is 0 Å². The predicted molar refractivity (Wildman–Crippen MR) is 136 cm³/mol. The molecule has 3 rings (SSSR count). The molecule has 0 aromatic heterocycles. The number of hydrogen-bond donors (Lipinski definition) is 1. The van der Waals surface area contributed by atoms with Gasteiger partial charge in [0.15, 0.2) is 15.6 Å². The SMILES string of the molecule is O=S(=O)([O-])OCCS(=O)(=O)c1ccc(N=Nc2c(S(=O)(=O)[O-])cc3cc(S(=O)(=O)[O-])cc(S(=O)(=O)[O-])c3c2O)c(S(=O)(=O)[O-])c1.[Na+].[Na+].[Na+].[Na+].[Na+]. The van der Waals surface area contributed by atoms with E-state index in [4.69, 9.17) is 0 Å². The average Bonchev–Trinajstić information content (AvgIpc) is 2.84. The van der Waals surface area contributed by atoms with Crippen molar-refractivity contribution >= 4 is 82.9 Å². The Morgan fingerprint density at radius 1 is 0.580 bits per heavy atom. The van der Waals surface area contributed by atoms with Gasteiger partial charge in [-0.15, -0.1) is 10.2 Å². The molecular weight excluding hydrogens is 856 g/mol. The number of phenolic OH excluding ortho intramolecular Hbond substituents is 1. The van der Waals surface area contributed by atoms with E-state index in [9.17, 15) is 78.4 Å². The van der Waals surface area contributed by atoms with Gasteiger partial charge >= 0.3 is 148 Å². The van der Waals surface area contributed by atoms with Crippen LogP contribution in [0.4, 0.5) is 11.4 Å². The minimum Gasteiger partial charge on any atom is -0.744 e. The molecule has 1 N–H and O–H groups in total. The zero-order chi connectivity index (χ0) is 34.6. The van der Waals surface area contributed by atoms with Crippen molar-refractivity contribution in [3.63, 3.8) is 0 Å². The molecule has 0 spiro atoms. The van der Waals surface area contributed by atoms with Crippen LogP contribution in [-0.2, 0) is 64.9 Å². The van der Waals surface area contributed by atoms with Crippen molar-refractivity contribution in [2.45, 2.75) is 24.5 Å². The van der Waals surface area contributed by atoms with Gasteiger partial charge in [-0.05, 0) is 41.8 Å². The molecule has 0 bridgehead atoms. The van der Waals surface area contributed by atoms with E-state index in [1.54, 1.807) is 0 Å². The van der Waals surface area contributed by atoms with Crippen molar-refractivity contribution in [3.05, 3.63) is 36.4 Å². The van der Waals surface area contributed by atoms with Crippen LogP contribution < -0.4 is 148 Å². The van der Waals surface area contributed by atoms with Gasteiger partial charge in [-0.2, -0.15) is 0 Å². The third-order valence-corrected chi connectivity index (χ3v) is 10.8. The first kappa shape index (κ1) is 56.1. The van der Waals surface area contributed by atoms with Gasteiger partial charge in [0, 0.05) is 5.39 Å². The van der Waals surface area contributed by atoms with E-state index in [1.165, 1.54) is 0 Å². The summed E-state index contributed by atoms with van der Waals surface area (Å²) in [6, 6.07) is 1.76. The van der Waals surface area contributed by atoms with Crippen LogP contribution in [0.5, 0.6) is 5.75 Å². The number of sulfone groups is 1. The maximum absolute atomic E-state index is 12.4. The van der Waals surface area contributed by atoms with Crippen LogP contribution in [0.15, 0.2) is 71.1 Å². The Hall–Kier alpha value is 1.78. The van der Waals surface area contributed by atoms with E-state index in [0.717, 1.165) is 0 Å². The molecule has 0 atom stereocenters. The third kappa shape index (κ3) is 14.7. The first-order valence-electron chi connectivity index (χ1n) is 10.7. The van der Waals surface area contributed by atoms with Crippen molar-refractivity contribution < 1.29 is 230 Å². The van der Waals surface area contributed by atoms with Gasteiger partial charge in [-0.1, -0.05) is 0 Å². The maximum atomic E-state index is 12.4. The second-order valence-electron chi connectivity index (χ2n) is 8.29. The summed E-state index contributed by atoms with van der Waals surface area (Å²) in [7, 11) is -32.7. The van der Waals surface area contributed by atoms with Gasteiger partial charge < -0.3 is 27.9 Å². The van der Waals surface area contributed by atoms with Gasteiger partial charge in [-0.25, -0.2) is 50.5 Å². The standard InChI is InChI=1S/C18H16N2O19S6.5Na/c21-18-16-9(5-11(41(24,25)26)8-14(16)43(30,31)32)6-15(44(33,34)35)17(18)20-19-12-2-1-10(7-13(12)42(27,28)29)40(22,23)4-3-39-45(36,37)38;;;;;/h1-2,5-8,21H,3-4H2,(H,24,25,26)(H,27,28,29)(H,30,31,32)(H,33,34,35)(H,36,37,38);;;;;/q;5*+1/p-5. The monoisotopic (exact) mass is 866 g/mol. The normalized spacial score (nSPS) is 12.5. The third-order valence-electron chi connectivity index (χ3n) is 5.31. The Labute approximate surface area is 395 Å². The van der Waals surface area contributed by atoms with E-state index >= 15 is 0 Å². The van der Waals surface area contributed by atoms with E-state index < -0.39 is 125 Å². The number of benzene rings is 3. The summed E-state index contributed by atoms with van der Waals surface area (Å²) in [6.07, 6.45) is 0. The van der Waals surface area contributed by atoms with Crippen LogP contribution in [0.1, 0.15) is 0 Å². The molecule has 0 unspecified atom stereocenters. The summed E-state index contributed by atoms with van der Waals surface area (Å²) in [4.78, 5) is -7.04. The Bertz CT molecular complexity index is 2460. The molecule has 0 aliphatic rings. The molecule has 0 aliphatic heterocycles. The molecule has 0 fully saturated rings. The topological polar surface area (TPSA) is 374 Å². The minimum absolute atomic E-state index is 0. The molecule has 0 radical (unpaired) electrons. The largest absolute Gasteiger partial charge is 1.00 e. The predicted octanol–water partition coefficient (Wildman–Crippen LogP) is -16.2. The molecule has 32 heteroatoms. The molecular formula is C18H11N2Na5O19S6. The van der Waals surface area contributed by atoms with Gasteiger partial charge in [0.1, 0.15) is 51.8 Å². The Morgan fingerprint density at radius 3 is 1.50 bits per heavy atom. The smallest absolute Gasteiger partial charge is 0.744 e. The maximum Gasteiger partial charge on any atom is 1.00 e. The summed E-state index contributed by atoms with van der Waals surface area (Å²) in [5.74, 6) is -2.86. The van der Waals surface area contributed by atoms with Crippen LogP contribution in [0, 0.1) is 0 Å². The van der Waals surface area contributed by atoms with E-state index in [-0.39, 0.29) is 166 Å². The van der Waals surface area contributed by atoms with Gasteiger partial charge in [0.25, 0.3) is 0 Å². The number of fused-ring (bicyclic) bond motifs is 1. The second kappa shape index (κ2) is 20.3. The van der Waals surface area contributed by atoms with Crippen molar-refractivity contribution in [3.8, 4) is 5.75 Å². The Balaban J connectivity index is -0.00000442. The molecule has 0 aliphatic carbocycles. The summed E-state index contributed by atoms with van der Waals surface area (Å²) >= 11 is 0. The van der Waals surface area contributed by atoms with Gasteiger partial charge in [-0.3, -0.25) is 4.18 Å². The van der Waals surface area contributed by atoms with Crippen LogP contribution in [-0.4, -0.2) is 90.7 Å². The molecule has 248 valence electrons. The average molecular weight is 867 g/mol. The minimum atomic E-state index is -5.79. The number of rotatable bonds is 11. The fraction of sp³-hybridized carbons (Fsp3) is 0.111.